The van der Waals surface area contributed by atoms with Crippen LogP contribution in [0.25, 0.3) is 0 Å². The first-order valence-electron chi connectivity index (χ1n) is 5.52. The Morgan fingerprint density at radius 3 is 2.94 bits per heavy atom. The molecule has 2 N–H and O–H groups in total. The van der Waals surface area contributed by atoms with E-state index in [0.717, 1.165) is 11.4 Å². The largest absolute Gasteiger partial charge is 0.364 e. The molecular weight excluding hydrogens is 232 g/mol. The number of amides is 1. The summed E-state index contributed by atoms with van der Waals surface area (Å²) in [7, 11) is 1.79. The molecule has 0 fully saturated rings. The zero-order valence-electron chi connectivity index (χ0n) is 10.2. The van der Waals surface area contributed by atoms with E-state index in [1.165, 1.54) is 12.3 Å². The monoisotopic (exact) mass is 246 g/mol. The average molecular weight is 246 g/mol. The van der Waals surface area contributed by atoms with E-state index in [1.807, 2.05) is 0 Å². The number of aromatic amines is 1. The van der Waals surface area contributed by atoms with Crippen molar-refractivity contribution in [2.75, 3.05) is 0 Å². The second-order valence-corrected chi connectivity index (χ2v) is 4.02. The van der Waals surface area contributed by atoms with E-state index in [0.29, 0.717) is 6.54 Å². The van der Waals surface area contributed by atoms with Crippen LogP contribution < -0.4 is 10.7 Å². The fraction of sp³-hybridized carbons (Fsp3) is 0.250. The highest BCUT2D eigenvalue weighted by molar-refractivity contribution is 5.93. The summed E-state index contributed by atoms with van der Waals surface area (Å²) in [6.45, 7) is 2.10. The van der Waals surface area contributed by atoms with Gasteiger partial charge in [0.2, 0.25) is 0 Å². The number of aromatic nitrogens is 3. The number of nitrogens with zero attached hydrogens (tertiary/aromatic N) is 2. The Balaban J connectivity index is 2.09. The molecule has 0 spiro atoms. The maximum Gasteiger partial charge on any atom is 0.257 e. The molecule has 2 aromatic heterocycles. The predicted octanol–water partition coefficient (Wildman–Crippen LogP) is 0.347. The lowest BCUT2D eigenvalue weighted by Gasteiger charge is -2.05. The lowest BCUT2D eigenvalue weighted by atomic mass is 10.2. The minimum Gasteiger partial charge on any atom is -0.364 e. The molecule has 6 heteroatoms. The molecule has 0 radical (unpaired) electrons. The van der Waals surface area contributed by atoms with E-state index in [4.69, 9.17) is 0 Å². The highest BCUT2D eigenvalue weighted by Gasteiger charge is 2.10. The molecule has 2 rings (SSSR count). The maximum absolute atomic E-state index is 11.8. The third-order valence-corrected chi connectivity index (χ3v) is 2.65. The molecule has 94 valence electrons. The number of rotatable bonds is 3. The van der Waals surface area contributed by atoms with Gasteiger partial charge in [-0.3, -0.25) is 14.3 Å². The zero-order valence-corrected chi connectivity index (χ0v) is 10.2. The normalized spacial score (nSPS) is 10.3. The highest BCUT2D eigenvalue weighted by atomic mass is 16.2. The average Bonchev–Trinajstić information content (AvgIpc) is 2.72. The van der Waals surface area contributed by atoms with Crippen molar-refractivity contribution in [1.29, 1.82) is 0 Å². The van der Waals surface area contributed by atoms with Crippen LogP contribution in [0.2, 0.25) is 0 Å². The fourth-order valence-corrected chi connectivity index (χ4v) is 1.59. The summed E-state index contributed by atoms with van der Waals surface area (Å²) >= 11 is 0. The minimum atomic E-state index is -0.391. The molecular formula is C12H14N4O2. The molecule has 0 aromatic carbocycles. The SMILES string of the molecule is Cc1cc(=O)c(C(=O)NCc2ccnn2C)c[nH]1. The van der Waals surface area contributed by atoms with Crippen molar-refractivity contribution in [2.45, 2.75) is 13.5 Å². The van der Waals surface area contributed by atoms with Gasteiger partial charge in [-0.15, -0.1) is 0 Å². The Hall–Kier alpha value is -2.37. The second-order valence-electron chi connectivity index (χ2n) is 4.02. The van der Waals surface area contributed by atoms with E-state index in [2.05, 4.69) is 15.4 Å². The maximum atomic E-state index is 11.8. The molecule has 18 heavy (non-hydrogen) atoms. The van der Waals surface area contributed by atoms with Gasteiger partial charge in [0.1, 0.15) is 5.56 Å². The smallest absolute Gasteiger partial charge is 0.257 e. The van der Waals surface area contributed by atoms with Gasteiger partial charge >= 0.3 is 0 Å². The lowest BCUT2D eigenvalue weighted by molar-refractivity contribution is 0.0948. The number of carbonyl (C=O) groups is 1. The highest BCUT2D eigenvalue weighted by Crippen LogP contribution is 1.97. The molecule has 0 aliphatic rings. The molecule has 0 aliphatic carbocycles. The van der Waals surface area contributed by atoms with Crippen LogP contribution in [0.5, 0.6) is 0 Å². The first-order chi connectivity index (χ1) is 8.58. The Labute approximate surface area is 104 Å². The zero-order chi connectivity index (χ0) is 13.1. The Morgan fingerprint density at radius 2 is 2.33 bits per heavy atom. The van der Waals surface area contributed by atoms with Gasteiger partial charge in [0, 0.05) is 31.2 Å². The van der Waals surface area contributed by atoms with Gasteiger partial charge in [-0.25, -0.2) is 0 Å². The van der Waals surface area contributed by atoms with Gasteiger partial charge in [0.15, 0.2) is 5.43 Å². The summed E-state index contributed by atoms with van der Waals surface area (Å²) in [5.74, 6) is -0.391. The van der Waals surface area contributed by atoms with E-state index in [9.17, 15) is 9.59 Å². The number of aryl methyl sites for hydroxylation is 2. The number of nitrogens with one attached hydrogen (secondary N) is 2. The Morgan fingerprint density at radius 1 is 1.56 bits per heavy atom. The van der Waals surface area contributed by atoms with Crippen LogP contribution in [0.15, 0.2) is 29.3 Å². The van der Waals surface area contributed by atoms with Crippen LogP contribution >= 0.6 is 0 Å². The first kappa shape index (κ1) is 12.1. The minimum absolute atomic E-state index is 0.114. The summed E-state index contributed by atoms with van der Waals surface area (Å²) in [5.41, 5.74) is 1.42. The molecule has 0 bridgehead atoms. The van der Waals surface area contributed by atoms with E-state index in [1.54, 1.807) is 30.9 Å². The number of hydrogen-bond acceptors (Lipinski definition) is 3. The third kappa shape index (κ3) is 2.48. The number of pyridine rings is 1. The van der Waals surface area contributed by atoms with Gasteiger partial charge < -0.3 is 10.3 Å². The molecule has 1 amide bonds. The molecule has 0 aliphatic heterocycles. The van der Waals surface area contributed by atoms with Gasteiger partial charge in [-0.2, -0.15) is 5.10 Å². The fourth-order valence-electron chi connectivity index (χ4n) is 1.59. The first-order valence-corrected chi connectivity index (χ1v) is 5.52. The van der Waals surface area contributed by atoms with Crippen molar-refractivity contribution in [3.8, 4) is 0 Å². The second kappa shape index (κ2) is 4.87. The van der Waals surface area contributed by atoms with Crippen LogP contribution in [0.3, 0.4) is 0 Å². The molecule has 0 unspecified atom stereocenters. The van der Waals surface area contributed by atoms with E-state index >= 15 is 0 Å². The van der Waals surface area contributed by atoms with Gasteiger partial charge in [-0.1, -0.05) is 0 Å². The molecule has 0 saturated heterocycles. The van der Waals surface area contributed by atoms with Crippen LogP contribution in [0.4, 0.5) is 0 Å². The van der Waals surface area contributed by atoms with Crippen molar-refractivity contribution in [3.63, 3.8) is 0 Å². The van der Waals surface area contributed by atoms with Gasteiger partial charge in [0.25, 0.3) is 5.91 Å². The number of hydrogen-bond donors (Lipinski definition) is 2. The summed E-state index contributed by atoms with van der Waals surface area (Å²) in [6.07, 6.45) is 3.08. The molecule has 6 nitrogen and oxygen atoms in total. The third-order valence-electron chi connectivity index (χ3n) is 2.65. The molecule has 2 heterocycles. The van der Waals surface area contributed by atoms with Crippen molar-refractivity contribution < 1.29 is 4.79 Å². The summed E-state index contributed by atoms with van der Waals surface area (Å²) in [6, 6.07) is 3.21. The van der Waals surface area contributed by atoms with E-state index in [-0.39, 0.29) is 11.0 Å². The van der Waals surface area contributed by atoms with Crippen LogP contribution in [-0.4, -0.2) is 20.7 Å². The molecule has 0 atom stereocenters. The number of carbonyl (C=O) groups excluding carboxylic acids is 1. The van der Waals surface area contributed by atoms with Crippen LogP contribution in [0, 0.1) is 6.92 Å². The summed E-state index contributed by atoms with van der Waals surface area (Å²) in [5, 5.41) is 6.68. The molecule has 0 saturated carbocycles. The summed E-state index contributed by atoms with van der Waals surface area (Å²) < 4.78 is 1.67. The predicted molar refractivity (Wildman–Crippen MR) is 66.2 cm³/mol. The van der Waals surface area contributed by atoms with Crippen molar-refractivity contribution >= 4 is 5.91 Å². The summed E-state index contributed by atoms with van der Waals surface area (Å²) in [4.78, 5) is 26.3. The number of H-pyrrole nitrogens is 1. The van der Waals surface area contributed by atoms with Gasteiger partial charge in [0.05, 0.1) is 12.2 Å². The lowest BCUT2D eigenvalue weighted by Crippen LogP contribution is -2.29. The van der Waals surface area contributed by atoms with E-state index < -0.39 is 5.91 Å². The van der Waals surface area contributed by atoms with Gasteiger partial charge in [-0.05, 0) is 13.0 Å². The topological polar surface area (TPSA) is 79.8 Å². The standard InChI is InChI=1S/C12H14N4O2/c1-8-5-11(17)10(7-13-8)12(18)14-6-9-3-4-15-16(9)2/h3-5,7H,6H2,1-2H3,(H,13,17)(H,14,18). The quantitative estimate of drug-likeness (QED) is 0.820. The molecule has 2 aromatic rings. The van der Waals surface area contributed by atoms with Crippen molar-refractivity contribution in [3.05, 3.63) is 51.7 Å². The van der Waals surface area contributed by atoms with Crippen molar-refractivity contribution in [1.82, 2.24) is 20.1 Å². The van der Waals surface area contributed by atoms with Crippen molar-refractivity contribution in [2.24, 2.45) is 7.05 Å². The van der Waals surface area contributed by atoms with Crippen LogP contribution in [0.1, 0.15) is 21.7 Å². The Bertz CT molecular complexity index is 627. The Kier molecular flexibility index (Phi) is 3.27. The van der Waals surface area contributed by atoms with Crippen LogP contribution in [-0.2, 0) is 13.6 Å².